The lowest BCUT2D eigenvalue weighted by molar-refractivity contribution is 0.414. The summed E-state index contributed by atoms with van der Waals surface area (Å²) in [4.78, 5) is 4.69. The van der Waals surface area contributed by atoms with Crippen molar-refractivity contribution in [2.45, 2.75) is 46.5 Å². The molecule has 3 heteroatoms. The average molecular weight is 348 g/mol. The highest BCUT2D eigenvalue weighted by Gasteiger charge is 2.18. The van der Waals surface area contributed by atoms with Crippen molar-refractivity contribution in [3.63, 3.8) is 0 Å². The maximum Gasteiger partial charge on any atom is 0.144 e. The van der Waals surface area contributed by atoms with Gasteiger partial charge in [0.15, 0.2) is 0 Å². The van der Waals surface area contributed by atoms with Crippen molar-refractivity contribution in [3.8, 4) is 22.8 Å². The summed E-state index contributed by atoms with van der Waals surface area (Å²) in [6.07, 6.45) is 3.95. The molecule has 3 nitrogen and oxygen atoms in total. The van der Waals surface area contributed by atoms with E-state index in [1.165, 1.54) is 16.8 Å². The molecule has 0 bridgehead atoms. The van der Waals surface area contributed by atoms with E-state index in [4.69, 9.17) is 4.74 Å². The third kappa shape index (κ3) is 3.39. The Morgan fingerprint density at radius 2 is 1.62 bits per heavy atom. The van der Waals surface area contributed by atoms with E-state index in [0.29, 0.717) is 11.8 Å². The molecular formula is C23H28N2O. The number of para-hydroxylation sites is 1. The van der Waals surface area contributed by atoms with Crippen LogP contribution in [0.2, 0.25) is 0 Å². The fraction of sp³-hybridized carbons (Fsp3) is 0.348. The average Bonchev–Trinajstić information content (AvgIpc) is 3.09. The van der Waals surface area contributed by atoms with Crippen LogP contribution in [-0.2, 0) is 0 Å². The number of nitrogens with zero attached hydrogens (tertiary/aromatic N) is 2. The van der Waals surface area contributed by atoms with Crippen LogP contribution in [0, 0.1) is 6.92 Å². The fourth-order valence-electron chi connectivity index (χ4n) is 3.48. The van der Waals surface area contributed by atoms with Crippen molar-refractivity contribution >= 4 is 0 Å². The second-order valence-electron chi connectivity index (χ2n) is 7.45. The van der Waals surface area contributed by atoms with Crippen LogP contribution < -0.4 is 4.74 Å². The minimum Gasteiger partial charge on any atom is -0.497 e. The van der Waals surface area contributed by atoms with Gasteiger partial charge in [0, 0.05) is 18.0 Å². The quantitative estimate of drug-likeness (QED) is 0.557. The number of benzene rings is 2. The summed E-state index contributed by atoms with van der Waals surface area (Å²) in [5, 5.41) is 0. The molecule has 0 atom stereocenters. The molecule has 0 spiro atoms. The zero-order valence-electron chi connectivity index (χ0n) is 16.6. The molecule has 0 radical (unpaired) electrons. The van der Waals surface area contributed by atoms with E-state index < -0.39 is 0 Å². The third-order valence-corrected chi connectivity index (χ3v) is 4.77. The number of methoxy groups -OCH3 is 1. The van der Waals surface area contributed by atoms with Crippen LogP contribution >= 0.6 is 0 Å². The van der Waals surface area contributed by atoms with Crippen LogP contribution in [0.3, 0.4) is 0 Å². The predicted octanol–water partition coefficient (Wildman–Crippen LogP) is 6.10. The lowest BCUT2D eigenvalue weighted by Gasteiger charge is -2.22. The standard InChI is InChI=1S/C23H28N2O/c1-15(2)20-8-7-9-21(16(3)4)22(20)25-11-10-24-23(25)18-12-17(5)13-19(14-18)26-6/h7-16H,1-6H3. The molecule has 136 valence electrons. The first-order valence-corrected chi connectivity index (χ1v) is 9.25. The van der Waals surface area contributed by atoms with Crippen LogP contribution in [0.25, 0.3) is 17.1 Å². The lowest BCUT2D eigenvalue weighted by atomic mass is 9.92. The van der Waals surface area contributed by atoms with Crippen LogP contribution in [0.4, 0.5) is 0 Å². The van der Waals surface area contributed by atoms with Crippen molar-refractivity contribution in [1.29, 1.82) is 0 Å². The van der Waals surface area contributed by atoms with Gasteiger partial charge in [-0.15, -0.1) is 0 Å². The molecule has 1 heterocycles. The molecule has 3 aromatic rings. The topological polar surface area (TPSA) is 27.1 Å². The molecule has 26 heavy (non-hydrogen) atoms. The Bertz CT molecular complexity index is 880. The number of ether oxygens (including phenoxy) is 1. The summed E-state index contributed by atoms with van der Waals surface area (Å²) in [7, 11) is 1.70. The Morgan fingerprint density at radius 1 is 0.962 bits per heavy atom. The largest absolute Gasteiger partial charge is 0.497 e. The first-order valence-electron chi connectivity index (χ1n) is 9.25. The van der Waals surface area contributed by atoms with Gasteiger partial charge < -0.3 is 4.74 Å². The summed E-state index contributed by atoms with van der Waals surface area (Å²) < 4.78 is 7.70. The Kier molecular flexibility index (Phi) is 5.17. The first-order chi connectivity index (χ1) is 12.4. The minimum absolute atomic E-state index is 0.436. The monoisotopic (exact) mass is 348 g/mol. The zero-order valence-corrected chi connectivity index (χ0v) is 16.6. The number of aryl methyl sites for hydroxylation is 1. The van der Waals surface area contributed by atoms with E-state index >= 15 is 0 Å². The fourth-order valence-corrected chi connectivity index (χ4v) is 3.48. The molecule has 0 fully saturated rings. The molecule has 0 N–H and O–H groups in total. The smallest absolute Gasteiger partial charge is 0.144 e. The van der Waals surface area contributed by atoms with Gasteiger partial charge in [-0.3, -0.25) is 4.57 Å². The van der Waals surface area contributed by atoms with Gasteiger partial charge in [0.2, 0.25) is 0 Å². The number of aromatic nitrogens is 2. The van der Waals surface area contributed by atoms with Gasteiger partial charge in [-0.2, -0.15) is 0 Å². The Labute approximate surface area is 156 Å². The number of imidazole rings is 1. The molecule has 0 saturated carbocycles. The second kappa shape index (κ2) is 7.36. The normalized spacial score (nSPS) is 11.4. The summed E-state index contributed by atoms with van der Waals surface area (Å²) in [6.45, 7) is 11.1. The first kappa shape index (κ1) is 18.2. The van der Waals surface area contributed by atoms with Crippen molar-refractivity contribution in [2.24, 2.45) is 0 Å². The second-order valence-corrected chi connectivity index (χ2v) is 7.45. The number of hydrogen-bond acceptors (Lipinski definition) is 2. The highest BCUT2D eigenvalue weighted by Crippen LogP contribution is 2.34. The summed E-state index contributed by atoms with van der Waals surface area (Å²) in [6, 6.07) is 12.9. The molecule has 2 aromatic carbocycles. The SMILES string of the molecule is COc1cc(C)cc(-c2nccn2-c2c(C(C)C)cccc2C(C)C)c1. The van der Waals surface area contributed by atoms with Gasteiger partial charge in [-0.25, -0.2) is 4.98 Å². The summed E-state index contributed by atoms with van der Waals surface area (Å²) in [5.41, 5.74) is 6.17. The third-order valence-electron chi connectivity index (χ3n) is 4.77. The Morgan fingerprint density at radius 3 is 2.19 bits per heavy atom. The molecule has 0 amide bonds. The maximum atomic E-state index is 5.47. The lowest BCUT2D eigenvalue weighted by Crippen LogP contribution is -2.08. The summed E-state index contributed by atoms with van der Waals surface area (Å²) in [5.74, 6) is 2.68. The van der Waals surface area contributed by atoms with Crippen LogP contribution in [0.15, 0.2) is 48.8 Å². The highest BCUT2D eigenvalue weighted by atomic mass is 16.5. The van der Waals surface area contributed by atoms with Gasteiger partial charge in [-0.05, 0) is 53.6 Å². The van der Waals surface area contributed by atoms with Crippen LogP contribution in [0.5, 0.6) is 5.75 Å². The van der Waals surface area contributed by atoms with Crippen molar-refractivity contribution in [3.05, 3.63) is 65.5 Å². The molecule has 0 saturated heterocycles. The number of rotatable bonds is 5. The van der Waals surface area contributed by atoms with E-state index in [0.717, 1.165) is 22.7 Å². The van der Waals surface area contributed by atoms with Crippen molar-refractivity contribution in [1.82, 2.24) is 9.55 Å². The van der Waals surface area contributed by atoms with Crippen LogP contribution in [0.1, 0.15) is 56.2 Å². The predicted molar refractivity (Wildman–Crippen MR) is 108 cm³/mol. The molecule has 0 unspecified atom stereocenters. The molecular weight excluding hydrogens is 320 g/mol. The maximum absolute atomic E-state index is 5.47. The van der Waals surface area contributed by atoms with Gasteiger partial charge in [0.25, 0.3) is 0 Å². The van der Waals surface area contributed by atoms with E-state index in [9.17, 15) is 0 Å². The molecule has 0 aliphatic heterocycles. The molecule has 0 aliphatic carbocycles. The van der Waals surface area contributed by atoms with E-state index in [1.54, 1.807) is 7.11 Å². The molecule has 3 rings (SSSR count). The minimum atomic E-state index is 0.436. The van der Waals surface area contributed by atoms with E-state index in [1.807, 2.05) is 12.3 Å². The Balaban J connectivity index is 2.26. The van der Waals surface area contributed by atoms with Crippen LogP contribution in [-0.4, -0.2) is 16.7 Å². The number of hydrogen-bond donors (Lipinski definition) is 0. The highest BCUT2D eigenvalue weighted by molar-refractivity contribution is 5.64. The van der Waals surface area contributed by atoms with Gasteiger partial charge in [0.05, 0.1) is 12.8 Å². The zero-order chi connectivity index (χ0) is 18.8. The molecule has 1 aromatic heterocycles. The molecule has 0 aliphatic rings. The van der Waals surface area contributed by atoms with E-state index in [-0.39, 0.29) is 0 Å². The van der Waals surface area contributed by atoms with E-state index in [2.05, 4.69) is 80.7 Å². The Hall–Kier alpha value is -2.55. The van der Waals surface area contributed by atoms with Crippen molar-refractivity contribution < 1.29 is 4.74 Å². The van der Waals surface area contributed by atoms with Gasteiger partial charge in [-0.1, -0.05) is 45.9 Å². The van der Waals surface area contributed by atoms with Gasteiger partial charge in [0.1, 0.15) is 11.6 Å². The van der Waals surface area contributed by atoms with Crippen molar-refractivity contribution in [2.75, 3.05) is 7.11 Å². The van der Waals surface area contributed by atoms with Gasteiger partial charge >= 0.3 is 0 Å². The summed E-state index contributed by atoms with van der Waals surface area (Å²) >= 11 is 0.